The molecule has 0 heterocycles. The van der Waals surface area contributed by atoms with Crippen LogP contribution < -0.4 is 5.32 Å². The molecule has 0 saturated heterocycles. The van der Waals surface area contributed by atoms with Gasteiger partial charge in [-0.05, 0) is 45.8 Å². The molecule has 2 nitrogen and oxygen atoms in total. The molecule has 1 rings (SSSR count). The molecule has 0 unspecified atom stereocenters. The zero-order chi connectivity index (χ0) is 10.4. The van der Waals surface area contributed by atoms with Gasteiger partial charge in [0.25, 0.3) is 0 Å². The molecule has 0 amide bonds. The lowest BCUT2D eigenvalue weighted by molar-refractivity contribution is 0.306. The Hall–Kier alpha value is -0.340. The summed E-state index contributed by atoms with van der Waals surface area (Å²) in [4.78, 5) is 2.46. The predicted octanol–water partition coefficient (Wildman–Crippen LogP) is 2.03. The fraction of sp³-hybridized carbons (Fsp3) is 0.833. The maximum atomic E-state index is 3.95. The topological polar surface area (TPSA) is 15.3 Å². The van der Waals surface area contributed by atoms with Gasteiger partial charge in [0.1, 0.15) is 0 Å². The Balaban J connectivity index is 1.97. The van der Waals surface area contributed by atoms with E-state index in [2.05, 4.69) is 30.6 Å². The van der Waals surface area contributed by atoms with E-state index in [1.165, 1.54) is 37.9 Å². The largest absolute Gasteiger partial charge is 0.314 e. The van der Waals surface area contributed by atoms with Gasteiger partial charge in [-0.1, -0.05) is 19.1 Å². The molecular formula is C12H24N2. The van der Waals surface area contributed by atoms with Gasteiger partial charge < -0.3 is 5.32 Å². The SMILES string of the molecule is C=C(C)CN(CC)CCCNC1CC1. The van der Waals surface area contributed by atoms with Crippen molar-refractivity contribution in [2.45, 2.75) is 39.2 Å². The highest BCUT2D eigenvalue weighted by Crippen LogP contribution is 2.18. The summed E-state index contributed by atoms with van der Waals surface area (Å²) in [6.45, 7) is 12.8. The van der Waals surface area contributed by atoms with Gasteiger partial charge >= 0.3 is 0 Å². The molecule has 0 bridgehead atoms. The van der Waals surface area contributed by atoms with Crippen molar-refractivity contribution >= 4 is 0 Å². The van der Waals surface area contributed by atoms with Gasteiger partial charge in [0, 0.05) is 12.6 Å². The molecule has 0 aromatic carbocycles. The molecule has 1 aliphatic rings. The van der Waals surface area contributed by atoms with Gasteiger partial charge in [-0.2, -0.15) is 0 Å². The van der Waals surface area contributed by atoms with Crippen LogP contribution in [0.15, 0.2) is 12.2 Å². The quantitative estimate of drug-likeness (QED) is 0.472. The van der Waals surface area contributed by atoms with Crippen LogP contribution in [0, 0.1) is 0 Å². The lowest BCUT2D eigenvalue weighted by Gasteiger charge is -2.20. The molecule has 1 N–H and O–H groups in total. The predicted molar refractivity (Wildman–Crippen MR) is 62.6 cm³/mol. The molecule has 1 saturated carbocycles. The van der Waals surface area contributed by atoms with Crippen LogP contribution in [0.25, 0.3) is 0 Å². The van der Waals surface area contributed by atoms with Gasteiger partial charge in [0.2, 0.25) is 0 Å². The highest BCUT2D eigenvalue weighted by molar-refractivity contribution is 4.91. The number of hydrogen-bond donors (Lipinski definition) is 1. The van der Waals surface area contributed by atoms with Crippen molar-refractivity contribution < 1.29 is 0 Å². The molecule has 0 aromatic heterocycles. The Labute approximate surface area is 88.4 Å². The summed E-state index contributed by atoms with van der Waals surface area (Å²) in [5.74, 6) is 0. The summed E-state index contributed by atoms with van der Waals surface area (Å²) in [7, 11) is 0. The van der Waals surface area contributed by atoms with Crippen LogP contribution in [0.1, 0.15) is 33.1 Å². The molecule has 0 aromatic rings. The van der Waals surface area contributed by atoms with Crippen LogP contribution in [-0.4, -0.2) is 37.1 Å². The monoisotopic (exact) mass is 196 g/mol. The lowest BCUT2D eigenvalue weighted by atomic mass is 10.3. The summed E-state index contributed by atoms with van der Waals surface area (Å²) < 4.78 is 0. The number of nitrogens with zero attached hydrogens (tertiary/aromatic N) is 1. The molecule has 0 spiro atoms. The Bertz CT molecular complexity index is 173. The molecule has 82 valence electrons. The lowest BCUT2D eigenvalue weighted by Crippen LogP contribution is -2.29. The van der Waals surface area contributed by atoms with Crippen LogP contribution in [0.2, 0.25) is 0 Å². The molecule has 1 fully saturated rings. The molecule has 14 heavy (non-hydrogen) atoms. The van der Waals surface area contributed by atoms with Crippen LogP contribution in [-0.2, 0) is 0 Å². The summed E-state index contributed by atoms with van der Waals surface area (Å²) in [5.41, 5.74) is 1.27. The average molecular weight is 196 g/mol. The van der Waals surface area contributed by atoms with E-state index < -0.39 is 0 Å². The van der Waals surface area contributed by atoms with E-state index >= 15 is 0 Å². The normalized spacial score (nSPS) is 16.2. The first-order chi connectivity index (χ1) is 6.72. The smallest absolute Gasteiger partial charge is 0.0187 e. The molecule has 0 atom stereocenters. The minimum absolute atomic E-state index is 0.853. The highest BCUT2D eigenvalue weighted by atomic mass is 15.1. The Morgan fingerprint density at radius 1 is 1.50 bits per heavy atom. The highest BCUT2D eigenvalue weighted by Gasteiger charge is 2.19. The fourth-order valence-electron chi connectivity index (χ4n) is 1.63. The standard InChI is InChI=1S/C12H24N2/c1-4-14(10-11(2)3)9-5-8-13-12-6-7-12/h12-13H,2,4-10H2,1,3H3. The summed E-state index contributed by atoms with van der Waals surface area (Å²) in [5, 5.41) is 3.54. The number of nitrogens with one attached hydrogen (secondary N) is 1. The van der Waals surface area contributed by atoms with Gasteiger partial charge in [0.05, 0.1) is 0 Å². The van der Waals surface area contributed by atoms with Crippen molar-refractivity contribution in [2.75, 3.05) is 26.2 Å². The third-order valence-corrected chi connectivity index (χ3v) is 2.60. The zero-order valence-corrected chi connectivity index (χ0v) is 9.68. The number of rotatable bonds is 8. The molecule has 0 aliphatic heterocycles. The van der Waals surface area contributed by atoms with E-state index in [1.54, 1.807) is 0 Å². The van der Waals surface area contributed by atoms with Crippen LogP contribution in [0.4, 0.5) is 0 Å². The van der Waals surface area contributed by atoms with E-state index in [0.29, 0.717) is 0 Å². The minimum atomic E-state index is 0.853. The maximum Gasteiger partial charge on any atom is 0.0187 e. The molecule has 2 heteroatoms. The number of likely N-dealkylation sites (N-methyl/N-ethyl adjacent to an activating group) is 1. The molecular weight excluding hydrogens is 172 g/mol. The average Bonchev–Trinajstić information content (AvgIpc) is 2.93. The van der Waals surface area contributed by atoms with Crippen molar-refractivity contribution in [2.24, 2.45) is 0 Å². The van der Waals surface area contributed by atoms with E-state index in [1.807, 2.05) is 0 Å². The fourth-order valence-corrected chi connectivity index (χ4v) is 1.63. The molecule has 0 radical (unpaired) electrons. The van der Waals surface area contributed by atoms with Gasteiger partial charge in [-0.15, -0.1) is 0 Å². The summed E-state index contributed by atoms with van der Waals surface area (Å²) in [6.07, 6.45) is 4.05. The van der Waals surface area contributed by atoms with Gasteiger partial charge in [-0.3, -0.25) is 4.90 Å². The van der Waals surface area contributed by atoms with Gasteiger partial charge in [0.15, 0.2) is 0 Å². The summed E-state index contributed by atoms with van der Waals surface area (Å²) >= 11 is 0. The Kier molecular flexibility index (Phi) is 5.20. The van der Waals surface area contributed by atoms with Crippen LogP contribution in [0.5, 0.6) is 0 Å². The third kappa shape index (κ3) is 5.40. The van der Waals surface area contributed by atoms with Crippen LogP contribution >= 0.6 is 0 Å². The zero-order valence-electron chi connectivity index (χ0n) is 9.68. The van der Waals surface area contributed by atoms with E-state index in [0.717, 1.165) is 19.1 Å². The van der Waals surface area contributed by atoms with Crippen LogP contribution in [0.3, 0.4) is 0 Å². The van der Waals surface area contributed by atoms with Crippen molar-refractivity contribution in [1.82, 2.24) is 10.2 Å². The maximum absolute atomic E-state index is 3.95. The van der Waals surface area contributed by atoms with Crippen molar-refractivity contribution in [3.8, 4) is 0 Å². The Morgan fingerprint density at radius 2 is 2.21 bits per heavy atom. The van der Waals surface area contributed by atoms with E-state index in [9.17, 15) is 0 Å². The first kappa shape index (κ1) is 11.7. The third-order valence-electron chi connectivity index (χ3n) is 2.60. The molecule has 1 aliphatic carbocycles. The first-order valence-corrected chi connectivity index (χ1v) is 5.82. The van der Waals surface area contributed by atoms with Crippen molar-refractivity contribution in [1.29, 1.82) is 0 Å². The second-order valence-electron chi connectivity index (χ2n) is 4.41. The van der Waals surface area contributed by atoms with Crippen molar-refractivity contribution in [3.05, 3.63) is 12.2 Å². The second-order valence-corrected chi connectivity index (χ2v) is 4.41. The van der Waals surface area contributed by atoms with Gasteiger partial charge in [-0.25, -0.2) is 0 Å². The Morgan fingerprint density at radius 3 is 2.71 bits per heavy atom. The minimum Gasteiger partial charge on any atom is -0.314 e. The number of hydrogen-bond acceptors (Lipinski definition) is 2. The summed E-state index contributed by atoms with van der Waals surface area (Å²) in [6, 6.07) is 0.853. The first-order valence-electron chi connectivity index (χ1n) is 5.82. The van der Waals surface area contributed by atoms with E-state index in [-0.39, 0.29) is 0 Å². The van der Waals surface area contributed by atoms with E-state index in [4.69, 9.17) is 0 Å². The second kappa shape index (κ2) is 6.20. The van der Waals surface area contributed by atoms with Crippen molar-refractivity contribution in [3.63, 3.8) is 0 Å².